The summed E-state index contributed by atoms with van der Waals surface area (Å²) >= 11 is 0. The molecule has 6 heteroatoms. The Kier molecular flexibility index (Phi) is 5.21. The highest BCUT2D eigenvalue weighted by Gasteiger charge is 2.24. The Labute approximate surface area is 96.1 Å². The van der Waals surface area contributed by atoms with Gasteiger partial charge in [0.1, 0.15) is 9.84 Å². The zero-order valence-corrected chi connectivity index (χ0v) is 10.1. The molecule has 0 aromatic carbocycles. The monoisotopic (exact) mass is 249 g/mol. The molecule has 0 aliphatic carbocycles. The van der Waals surface area contributed by atoms with Crippen LogP contribution in [0.5, 0.6) is 0 Å². The number of carbonyl (C=O) groups excluding carboxylic acids is 1. The van der Waals surface area contributed by atoms with Gasteiger partial charge >= 0.3 is 0 Å². The molecule has 94 valence electrons. The topological polar surface area (TPSA) is 83.5 Å². The lowest BCUT2D eigenvalue weighted by Gasteiger charge is -2.22. The molecule has 1 rings (SSSR count). The second-order valence-electron chi connectivity index (χ2n) is 4.17. The van der Waals surface area contributed by atoms with Gasteiger partial charge < -0.3 is 10.4 Å². The van der Waals surface area contributed by atoms with Crippen molar-refractivity contribution in [2.45, 2.75) is 38.1 Å². The van der Waals surface area contributed by atoms with Gasteiger partial charge in [0, 0.05) is 19.1 Å². The number of sulfone groups is 1. The zero-order valence-electron chi connectivity index (χ0n) is 9.31. The number of aliphatic hydroxyl groups is 1. The third kappa shape index (κ3) is 4.94. The molecule has 1 heterocycles. The molecule has 1 saturated heterocycles. The molecule has 0 spiro atoms. The van der Waals surface area contributed by atoms with Crippen LogP contribution in [0.1, 0.15) is 32.1 Å². The molecule has 16 heavy (non-hydrogen) atoms. The van der Waals surface area contributed by atoms with Crippen LogP contribution < -0.4 is 5.32 Å². The molecule has 0 saturated carbocycles. The van der Waals surface area contributed by atoms with Gasteiger partial charge in [0.2, 0.25) is 5.91 Å². The summed E-state index contributed by atoms with van der Waals surface area (Å²) in [6.07, 6.45) is 2.76. The quantitative estimate of drug-likeness (QED) is 0.663. The highest BCUT2D eigenvalue weighted by atomic mass is 32.2. The smallest absolute Gasteiger partial charge is 0.220 e. The van der Waals surface area contributed by atoms with E-state index in [1.54, 1.807) is 0 Å². The van der Waals surface area contributed by atoms with Crippen molar-refractivity contribution in [2.75, 3.05) is 18.1 Å². The van der Waals surface area contributed by atoms with Crippen LogP contribution in [0.2, 0.25) is 0 Å². The summed E-state index contributed by atoms with van der Waals surface area (Å²) in [5.41, 5.74) is 0. The summed E-state index contributed by atoms with van der Waals surface area (Å²) in [7, 11) is -2.86. The predicted molar refractivity (Wildman–Crippen MR) is 60.8 cm³/mol. The molecule has 0 atom stereocenters. The van der Waals surface area contributed by atoms with Crippen LogP contribution in [0.3, 0.4) is 0 Å². The van der Waals surface area contributed by atoms with Crippen molar-refractivity contribution in [3.63, 3.8) is 0 Å². The van der Waals surface area contributed by atoms with Crippen molar-refractivity contribution in [3.05, 3.63) is 0 Å². The molecular formula is C10H19NO4S. The van der Waals surface area contributed by atoms with Gasteiger partial charge in [-0.15, -0.1) is 0 Å². The van der Waals surface area contributed by atoms with Gasteiger partial charge in [0.15, 0.2) is 0 Å². The first-order valence-electron chi connectivity index (χ1n) is 5.64. The maximum absolute atomic E-state index is 11.4. The Morgan fingerprint density at radius 3 is 2.44 bits per heavy atom. The maximum Gasteiger partial charge on any atom is 0.220 e. The molecule has 1 fully saturated rings. The number of carbonyl (C=O) groups is 1. The zero-order chi connectivity index (χ0) is 12.0. The number of nitrogens with one attached hydrogen (secondary N) is 1. The van der Waals surface area contributed by atoms with E-state index in [0.29, 0.717) is 32.1 Å². The van der Waals surface area contributed by atoms with Gasteiger partial charge in [0.05, 0.1) is 11.5 Å². The van der Waals surface area contributed by atoms with Crippen LogP contribution in [-0.4, -0.2) is 43.6 Å². The molecule has 0 unspecified atom stereocenters. The van der Waals surface area contributed by atoms with Gasteiger partial charge in [0.25, 0.3) is 0 Å². The van der Waals surface area contributed by atoms with Gasteiger partial charge in [-0.3, -0.25) is 4.79 Å². The fourth-order valence-corrected chi connectivity index (χ4v) is 3.22. The van der Waals surface area contributed by atoms with Crippen LogP contribution in [0.25, 0.3) is 0 Å². The minimum atomic E-state index is -2.86. The largest absolute Gasteiger partial charge is 0.396 e. The number of hydrogen-bond donors (Lipinski definition) is 2. The van der Waals surface area contributed by atoms with E-state index in [1.165, 1.54) is 0 Å². The van der Waals surface area contributed by atoms with E-state index in [2.05, 4.69) is 5.32 Å². The van der Waals surface area contributed by atoms with Crippen molar-refractivity contribution < 1.29 is 18.3 Å². The number of hydrogen-bond acceptors (Lipinski definition) is 4. The van der Waals surface area contributed by atoms with E-state index in [-0.39, 0.29) is 30.1 Å². The first-order valence-corrected chi connectivity index (χ1v) is 7.46. The molecule has 1 aliphatic rings. The second-order valence-corrected chi connectivity index (χ2v) is 6.48. The average molecular weight is 249 g/mol. The lowest BCUT2D eigenvalue weighted by Crippen LogP contribution is -2.40. The molecule has 2 N–H and O–H groups in total. The first kappa shape index (κ1) is 13.4. The summed E-state index contributed by atoms with van der Waals surface area (Å²) < 4.78 is 22.3. The Bertz CT molecular complexity index is 312. The summed E-state index contributed by atoms with van der Waals surface area (Å²) in [5.74, 6) is 0.307. The van der Waals surface area contributed by atoms with Crippen LogP contribution in [0.4, 0.5) is 0 Å². The lowest BCUT2D eigenvalue weighted by atomic mass is 10.1. The van der Waals surface area contributed by atoms with Crippen LogP contribution in [0, 0.1) is 0 Å². The highest BCUT2D eigenvalue weighted by Crippen LogP contribution is 2.12. The Balaban J connectivity index is 2.20. The fraction of sp³-hybridized carbons (Fsp3) is 0.900. The highest BCUT2D eigenvalue weighted by molar-refractivity contribution is 7.91. The van der Waals surface area contributed by atoms with Crippen LogP contribution in [-0.2, 0) is 14.6 Å². The number of rotatable bonds is 5. The fourth-order valence-electron chi connectivity index (χ4n) is 1.73. The van der Waals surface area contributed by atoms with E-state index in [4.69, 9.17) is 5.11 Å². The molecule has 0 aromatic rings. The average Bonchev–Trinajstić information content (AvgIpc) is 2.22. The van der Waals surface area contributed by atoms with E-state index >= 15 is 0 Å². The Hall–Kier alpha value is -0.620. The number of aliphatic hydroxyl groups excluding tert-OH is 1. The van der Waals surface area contributed by atoms with Crippen molar-refractivity contribution in [3.8, 4) is 0 Å². The SMILES string of the molecule is O=C(CCCCO)NC1CCS(=O)(=O)CC1. The normalized spacial score (nSPS) is 20.6. The maximum atomic E-state index is 11.4. The Morgan fingerprint density at radius 2 is 1.88 bits per heavy atom. The Morgan fingerprint density at radius 1 is 1.25 bits per heavy atom. The molecule has 1 amide bonds. The van der Waals surface area contributed by atoms with Crippen molar-refractivity contribution in [2.24, 2.45) is 0 Å². The minimum Gasteiger partial charge on any atom is -0.396 e. The van der Waals surface area contributed by atoms with Crippen LogP contribution in [0.15, 0.2) is 0 Å². The number of amides is 1. The van der Waals surface area contributed by atoms with Gasteiger partial charge in [-0.2, -0.15) is 0 Å². The summed E-state index contributed by atoms with van der Waals surface area (Å²) in [4.78, 5) is 11.4. The van der Waals surface area contributed by atoms with E-state index in [9.17, 15) is 13.2 Å². The van der Waals surface area contributed by atoms with Gasteiger partial charge in [-0.25, -0.2) is 8.42 Å². The van der Waals surface area contributed by atoms with Crippen LogP contribution >= 0.6 is 0 Å². The second kappa shape index (κ2) is 6.20. The third-order valence-electron chi connectivity index (χ3n) is 2.73. The summed E-state index contributed by atoms with van der Waals surface area (Å²) in [6.45, 7) is 0.106. The van der Waals surface area contributed by atoms with E-state index in [0.717, 1.165) is 0 Å². The molecule has 0 radical (unpaired) electrons. The molecule has 5 nitrogen and oxygen atoms in total. The summed E-state index contributed by atoms with van der Waals surface area (Å²) in [6, 6.07) is 0.00477. The van der Waals surface area contributed by atoms with Crippen molar-refractivity contribution in [1.29, 1.82) is 0 Å². The lowest BCUT2D eigenvalue weighted by molar-refractivity contribution is -0.122. The number of unbranched alkanes of at least 4 members (excludes halogenated alkanes) is 1. The van der Waals surface area contributed by atoms with Gasteiger partial charge in [-0.1, -0.05) is 0 Å². The third-order valence-corrected chi connectivity index (χ3v) is 4.45. The van der Waals surface area contributed by atoms with E-state index in [1.807, 2.05) is 0 Å². The molecule has 1 aliphatic heterocycles. The predicted octanol–water partition coefficient (Wildman–Crippen LogP) is -0.158. The van der Waals surface area contributed by atoms with Crippen molar-refractivity contribution >= 4 is 15.7 Å². The molecule has 0 aromatic heterocycles. The summed E-state index contributed by atoms with van der Waals surface area (Å²) in [5, 5.41) is 11.4. The molecular weight excluding hydrogens is 230 g/mol. The van der Waals surface area contributed by atoms with E-state index < -0.39 is 9.84 Å². The van der Waals surface area contributed by atoms with Gasteiger partial charge in [-0.05, 0) is 25.7 Å². The molecule has 0 bridgehead atoms. The standard InChI is InChI=1S/C10H19NO4S/c12-6-2-1-3-10(13)11-9-4-7-16(14,15)8-5-9/h9,12H,1-8H2,(H,11,13). The van der Waals surface area contributed by atoms with Crippen molar-refractivity contribution in [1.82, 2.24) is 5.32 Å². The first-order chi connectivity index (χ1) is 7.53. The minimum absolute atomic E-state index is 0.00477.